The molecule has 1 aliphatic rings. The maximum Gasteiger partial charge on any atom is 0.123 e. The van der Waals surface area contributed by atoms with E-state index in [-0.39, 0.29) is 11.9 Å². The molecule has 1 aromatic carbocycles. The first-order chi connectivity index (χ1) is 8.26. The van der Waals surface area contributed by atoms with Crippen molar-refractivity contribution < 1.29 is 4.39 Å². The lowest BCUT2D eigenvalue weighted by molar-refractivity contribution is 0.563. The lowest BCUT2D eigenvalue weighted by Gasteiger charge is -2.27. The third-order valence-electron chi connectivity index (χ3n) is 3.07. The number of rotatable bonds is 3. The molecule has 0 aromatic heterocycles. The van der Waals surface area contributed by atoms with Crippen LogP contribution in [-0.4, -0.2) is 6.54 Å². The number of halogens is 1. The van der Waals surface area contributed by atoms with Gasteiger partial charge < -0.3 is 5.32 Å². The largest absolute Gasteiger partial charge is 0.306 e. The van der Waals surface area contributed by atoms with Gasteiger partial charge in [-0.15, -0.1) is 0 Å². The fourth-order valence-electron chi connectivity index (χ4n) is 2.24. The van der Waals surface area contributed by atoms with Crippen LogP contribution in [0.3, 0.4) is 0 Å². The Kier molecular flexibility index (Phi) is 3.55. The van der Waals surface area contributed by atoms with Gasteiger partial charge in [-0.3, -0.25) is 0 Å². The maximum atomic E-state index is 13.2. The SMILES string of the molecule is C=CC1=C(C=C)C(c2cccc(F)c2)NCC1. The molecule has 1 N–H and O–H groups in total. The molecular formula is C15H16FN. The molecule has 0 aliphatic carbocycles. The average molecular weight is 229 g/mol. The smallest absolute Gasteiger partial charge is 0.123 e. The Hall–Kier alpha value is -1.67. The molecular weight excluding hydrogens is 213 g/mol. The van der Waals surface area contributed by atoms with E-state index in [1.54, 1.807) is 12.1 Å². The van der Waals surface area contributed by atoms with Gasteiger partial charge in [-0.2, -0.15) is 0 Å². The van der Waals surface area contributed by atoms with Crippen LogP contribution in [0, 0.1) is 5.82 Å². The van der Waals surface area contributed by atoms with Crippen molar-refractivity contribution in [3.63, 3.8) is 0 Å². The van der Waals surface area contributed by atoms with E-state index < -0.39 is 0 Å². The molecule has 0 saturated heterocycles. The second-order valence-corrected chi connectivity index (χ2v) is 4.08. The van der Waals surface area contributed by atoms with Gasteiger partial charge in [0.05, 0.1) is 6.04 Å². The van der Waals surface area contributed by atoms with Gasteiger partial charge in [0.2, 0.25) is 0 Å². The standard InChI is InChI=1S/C15H16FN/c1-3-11-8-9-17-15(14(11)4-2)12-6-5-7-13(16)10-12/h3-7,10,15,17H,1-2,8-9H2. The Bertz CT molecular complexity index is 474. The summed E-state index contributed by atoms with van der Waals surface area (Å²) in [7, 11) is 0. The molecule has 1 aliphatic heterocycles. The Morgan fingerprint density at radius 1 is 1.29 bits per heavy atom. The fourth-order valence-corrected chi connectivity index (χ4v) is 2.24. The van der Waals surface area contributed by atoms with Crippen molar-refractivity contribution >= 4 is 0 Å². The van der Waals surface area contributed by atoms with Crippen molar-refractivity contribution in [1.29, 1.82) is 0 Å². The van der Waals surface area contributed by atoms with Gasteiger partial charge in [0, 0.05) is 6.54 Å². The average Bonchev–Trinajstić information content (AvgIpc) is 2.37. The van der Waals surface area contributed by atoms with Crippen LogP contribution in [0.4, 0.5) is 4.39 Å². The highest BCUT2D eigenvalue weighted by Crippen LogP contribution is 2.30. The number of nitrogens with one attached hydrogen (secondary N) is 1. The Morgan fingerprint density at radius 3 is 2.76 bits per heavy atom. The molecule has 1 nitrogen and oxygen atoms in total. The van der Waals surface area contributed by atoms with Crippen LogP contribution < -0.4 is 5.32 Å². The quantitative estimate of drug-likeness (QED) is 0.836. The molecule has 1 atom stereocenters. The number of allylic oxidation sites excluding steroid dienone is 1. The Balaban J connectivity index is 2.44. The molecule has 0 radical (unpaired) electrons. The molecule has 1 aromatic rings. The molecule has 1 unspecified atom stereocenters. The second kappa shape index (κ2) is 5.11. The van der Waals surface area contributed by atoms with Gasteiger partial charge in [0.1, 0.15) is 5.82 Å². The molecule has 0 amide bonds. The Morgan fingerprint density at radius 2 is 2.12 bits per heavy atom. The van der Waals surface area contributed by atoms with Gasteiger partial charge in [-0.1, -0.05) is 37.4 Å². The summed E-state index contributed by atoms with van der Waals surface area (Å²) in [6, 6.07) is 6.70. The minimum Gasteiger partial charge on any atom is -0.306 e. The summed E-state index contributed by atoms with van der Waals surface area (Å²) in [5.41, 5.74) is 3.21. The molecule has 0 saturated carbocycles. The summed E-state index contributed by atoms with van der Waals surface area (Å²) in [6.07, 6.45) is 4.64. The zero-order valence-corrected chi connectivity index (χ0v) is 9.75. The van der Waals surface area contributed by atoms with Crippen molar-refractivity contribution in [3.05, 3.63) is 72.1 Å². The van der Waals surface area contributed by atoms with E-state index in [1.807, 2.05) is 18.2 Å². The molecule has 0 spiro atoms. The molecule has 2 heteroatoms. The molecule has 2 rings (SSSR count). The van der Waals surface area contributed by atoms with Crippen molar-refractivity contribution in [2.75, 3.05) is 6.54 Å². The van der Waals surface area contributed by atoms with E-state index in [0.717, 1.165) is 24.1 Å². The second-order valence-electron chi connectivity index (χ2n) is 4.08. The fraction of sp³-hybridized carbons (Fsp3) is 0.200. The van der Waals surface area contributed by atoms with Crippen LogP contribution in [0.5, 0.6) is 0 Å². The first kappa shape index (κ1) is 11.8. The van der Waals surface area contributed by atoms with Gasteiger partial charge in [-0.05, 0) is 35.3 Å². The van der Waals surface area contributed by atoms with Crippen molar-refractivity contribution in [2.24, 2.45) is 0 Å². The van der Waals surface area contributed by atoms with Gasteiger partial charge >= 0.3 is 0 Å². The predicted octanol–water partition coefficient (Wildman–Crippen LogP) is 3.53. The normalized spacial score (nSPS) is 20.2. The van der Waals surface area contributed by atoms with E-state index in [9.17, 15) is 4.39 Å². The highest BCUT2D eigenvalue weighted by molar-refractivity contribution is 5.42. The van der Waals surface area contributed by atoms with Gasteiger partial charge in [0.15, 0.2) is 0 Å². The van der Waals surface area contributed by atoms with E-state index >= 15 is 0 Å². The number of hydrogen-bond donors (Lipinski definition) is 1. The molecule has 0 bridgehead atoms. The van der Waals surface area contributed by atoms with E-state index in [2.05, 4.69) is 18.5 Å². The topological polar surface area (TPSA) is 12.0 Å². The predicted molar refractivity (Wildman–Crippen MR) is 69.2 cm³/mol. The minimum absolute atomic E-state index is 0.0185. The summed E-state index contributed by atoms with van der Waals surface area (Å²) in [5, 5.41) is 3.38. The van der Waals surface area contributed by atoms with Crippen LogP contribution in [0.1, 0.15) is 18.0 Å². The first-order valence-electron chi connectivity index (χ1n) is 5.73. The zero-order chi connectivity index (χ0) is 12.3. The van der Waals surface area contributed by atoms with Crippen molar-refractivity contribution in [3.8, 4) is 0 Å². The minimum atomic E-state index is -0.210. The lowest BCUT2D eigenvalue weighted by Crippen LogP contribution is -2.28. The summed E-state index contributed by atoms with van der Waals surface area (Å²) < 4.78 is 13.2. The maximum absolute atomic E-state index is 13.2. The molecule has 88 valence electrons. The third-order valence-corrected chi connectivity index (χ3v) is 3.07. The summed E-state index contributed by atoms with van der Waals surface area (Å²) in [5.74, 6) is -0.210. The van der Waals surface area contributed by atoms with Crippen LogP contribution in [0.2, 0.25) is 0 Å². The van der Waals surface area contributed by atoms with E-state index in [4.69, 9.17) is 0 Å². The first-order valence-corrected chi connectivity index (χ1v) is 5.73. The summed E-state index contributed by atoms with van der Waals surface area (Å²) in [6.45, 7) is 8.54. The Labute approximate surface area is 101 Å². The van der Waals surface area contributed by atoms with Crippen LogP contribution in [-0.2, 0) is 0 Å². The van der Waals surface area contributed by atoms with E-state index in [0.29, 0.717) is 0 Å². The third kappa shape index (κ3) is 2.37. The molecule has 17 heavy (non-hydrogen) atoms. The monoisotopic (exact) mass is 229 g/mol. The van der Waals surface area contributed by atoms with Crippen LogP contribution in [0.15, 0.2) is 60.7 Å². The highest BCUT2D eigenvalue weighted by Gasteiger charge is 2.20. The van der Waals surface area contributed by atoms with Gasteiger partial charge in [0.25, 0.3) is 0 Å². The highest BCUT2D eigenvalue weighted by atomic mass is 19.1. The summed E-state index contributed by atoms with van der Waals surface area (Å²) >= 11 is 0. The van der Waals surface area contributed by atoms with Crippen LogP contribution >= 0.6 is 0 Å². The van der Waals surface area contributed by atoms with Gasteiger partial charge in [-0.25, -0.2) is 4.39 Å². The summed E-state index contributed by atoms with van der Waals surface area (Å²) in [4.78, 5) is 0. The molecule has 0 fully saturated rings. The van der Waals surface area contributed by atoms with E-state index in [1.165, 1.54) is 11.6 Å². The molecule has 1 heterocycles. The number of hydrogen-bond acceptors (Lipinski definition) is 1. The van der Waals surface area contributed by atoms with Crippen LogP contribution in [0.25, 0.3) is 0 Å². The van der Waals surface area contributed by atoms with Crippen molar-refractivity contribution in [1.82, 2.24) is 5.32 Å². The van der Waals surface area contributed by atoms with Crippen molar-refractivity contribution in [2.45, 2.75) is 12.5 Å². The zero-order valence-electron chi connectivity index (χ0n) is 9.75. The lowest BCUT2D eigenvalue weighted by atomic mass is 9.90. The number of benzene rings is 1.